The smallest absolute Gasteiger partial charge is 0.0979 e. The highest BCUT2D eigenvalue weighted by atomic mass is 31.1. The van der Waals surface area contributed by atoms with Crippen molar-refractivity contribution in [3.63, 3.8) is 0 Å². The Morgan fingerprint density at radius 2 is 0.953 bits per heavy atom. The van der Waals surface area contributed by atoms with Gasteiger partial charge in [-0.25, -0.2) is 9.97 Å². The average molecular weight is 565 g/mol. The third-order valence-corrected chi connectivity index (χ3v) is 10.9. The molecule has 0 saturated carbocycles. The molecule has 43 heavy (non-hydrogen) atoms. The van der Waals surface area contributed by atoms with Crippen LogP contribution in [-0.4, -0.2) is 9.97 Å². The van der Waals surface area contributed by atoms with Crippen molar-refractivity contribution < 1.29 is 0 Å². The van der Waals surface area contributed by atoms with Crippen LogP contribution < -0.4 is 15.9 Å². The Morgan fingerprint density at radius 1 is 0.372 bits per heavy atom. The van der Waals surface area contributed by atoms with Gasteiger partial charge in [0.25, 0.3) is 0 Å². The molecular weight excluding hydrogens is 539 g/mol. The minimum Gasteiger partial charge on any atom is -0.244 e. The van der Waals surface area contributed by atoms with E-state index in [1.807, 2.05) is 0 Å². The summed E-state index contributed by atoms with van der Waals surface area (Å²) in [5.74, 6) is 0. The van der Waals surface area contributed by atoms with Crippen LogP contribution in [0.15, 0.2) is 152 Å². The number of hydrogen-bond donors (Lipinski definition) is 0. The molecule has 0 amide bonds. The number of benzene rings is 7. The molecule has 3 heteroatoms. The van der Waals surface area contributed by atoms with Gasteiger partial charge in [-0.15, -0.1) is 0 Å². The minimum absolute atomic E-state index is 0.638. The van der Waals surface area contributed by atoms with Gasteiger partial charge in [0.1, 0.15) is 0 Å². The topological polar surface area (TPSA) is 25.8 Å². The van der Waals surface area contributed by atoms with Gasteiger partial charge in [-0.05, 0) is 75.4 Å². The molecule has 8 aromatic rings. The lowest BCUT2D eigenvalue weighted by molar-refractivity contribution is 1.32. The Hall–Kier alpha value is -5.17. The van der Waals surface area contributed by atoms with Crippen molar-refractivity contribution in [1.82, 2.24) is 9.97 Å². The summed E-state index contributed by atoms with van der Waals surface area (Å²) >= 11 is 0. The van der Waals surface area contributed by atoms with Gasteiger partial charge in [0.15, 0.2) is 0 Å². The normalized spacial score (nSPS) is 11.9. The summed E-state index contributed by atoms with van der Waals surface area (Å²) in [6.45, 7) is 0. The largest absolute Gasteiger partial charge is 0.244 e. The Balaban J connectivity index is 1.11. The molecule has 0 fully saturated rings. The van der Waals surface area contributed by atoms with Gasteiger partial charge in [0.2, 0.25) is 0 Å². The van der Waals surface area contributed by atoms with Crippen LogP contribution in [0.3, 0.4) is 0 Å². The molecule has 9 rings (SSSR count). The molecule has 2 nitrogen and oxygen atoms in total. The Bertz CT molecular complexity index is 2300. The van der Waals surface area contributed by atoms with E-state index in [1.54, 1.807) is 0 Å². The van der Waals surface area contributed by atoms with E-state index >= 15 is 0 Å². The summed E-state index contributed by atoms with van der Waals surface area (Å²) in [5.41, 5.74) is 8.51. The molecule has 1 aromatic heterocycles. The summed E-state index contributed by atoms with van der Waals surface area (Å²) in [7, 11) is -0.638. The molecule has 1 heterocycles. The van der Waals surface area contributed by atoms with Crippen LogP contribution in [0.25, 0.3) is 66.2 Å². The van der Waals surface area contributed by atoms with Crippen molar-refractivity contribution in [2.45, 2.75) is 0 Å². The quantitative estimate of drug-likeness (QED) is 0.199. The van der Waals surface area contributed by atoms with E-state index in [4.69, 9.17) is 9.97 Å². The van der Waals surface area contributed by atoms with Crippen molar-refractivity contribution in [3.05, 3.63) is 152 Å². The summed E-state index contributed by atoms with van der Waals surface area (Å²) in [6.07, 6.45) is 0. The third kappa shape index (κ3) is 3.99. The molecule has 0 spiro atoms. The maximum absolute atomic E-state index is 5.17. The molecule has 200 valence electrons. The van der Waals surface area contributed by atoms with Crippen molar-refractivity contribution in [2.24, 2.45) is 0 Å². The standard InChI is InChI=1S/C40H25N2P/c1-3-11-31(12-4-1)43(32-13-5-2-6-14-32)33-21-19-28-23-27(17-18-29(28)24-33)30-20-22-36-37(25-30)42-40-35-16-8-10-26-9-7-15-34(38(26)35)39(40)41-36/h1-25H. The first-order chi connectivity index (χ1) is 21.3. The van der Waals surface area contributed by atoms with Gasteiger partial charge in [0.05, 0.1) is 22.4 Å². The van der Waals surface area contributed by atoms with Gasteiger partial charge >= 0.3 is 0 Å². The third-order valence-electron chi connectivity index (χ3n) is 8.52. The predicted octanol–water partition coefficient (Wildman–Crippen LogP) is 9.01. The molecular formula is C40H25N2P. The minimum atomic E-state index is -0.638. The van der Waals surface area contributed by atoms with Crippen LogP contribution in [-0.2, 0) is 0 Å². The maximum Gasteiger partial charge on any atom is 0.0979 e. The lowest BCUT2D eigenvalue weighted by Crippen LogP contribution is -2.20. The molecule has 0 N–H and O–H groups in total. The second kappa shape index (κ2) is 9.70. The highest BCUT2D eigenvalue weighted by Crippen LogP contribution is 2.45. The highest BCUT2D eigenvalue weighted by Gasteiger charge is 2.24. The molecule has 0 bridgehead atoms. The van der Waals surface area contributed by atoms with Gasteiger partial charge in [-0.3, -0.25) is 0 Å². The van der Waals surface area contributed by atoms with Crippen LogP contribution in [0.4, 0.5) is 0 Å². The number of hydrogen-bond acceptors (Lipinski definition) is 2. The van der Waals surface area contributed by atoms with E-state index in [-0.39, 0.29) is 0 Å². The average Bonchev–Trinajstić information content (AvgIpc) is 3.38. The zero-order chi connectivity index (χ0) is 28.3. The van der Waals surface area contributed by atoms with E-state index in [0.717, 1.165) is 28.0 Å². The van der Waals surface area contributed by atoms with Crippen LogP contribution >= 0.6 is 7.92 Å². The number of fused-ring (bicyclic) bond motifs is 5. The Kier molecular flexibility index (Phi) is 5.51. The number of rotatable bonds is 4. The molecule has 1 aliphatic rings. The van der Waals surface area contributed by atoms with Crippen LogP contribution in [0, 0.1) is 0 Å². The molecule has 0 atom stereocenters. The van der Waals surface area contributed by atoms with E-state index in [2.05, 4.69) is 152 Å². The molecule has 0 unspecified atom stereocenters. The van der Waals surface area contributed by atoms with E-state index < -0.39 is 7.92 Å². The molecule has 0 radical (unpaired) electrons. The van der Waals surface area contributed by atoms with Gasteiger partial charge in [-0.2, -0.15) is 0 Å². The summed E-state index contributed by atoms with van der Waals surface area (Å²) < 4.78 is 0. The monoisotopic (exact) mass is 564 g/mol. The first-order valence-electron chi connectivity index (χ1n) is 14.6. The van der Waals surface area contributed by atoms with Crippen LogP contribution in [0.2, 0.25) is 0 Å². The number of nitrogens with zero attached hydrogens (tertiary/aromatic N) is 2. The van der Waals surface area contributed by atoms with Crippen LogP contribution in [0.5, 0.6) is 0 Å². The Labute approximate surface area is 251 Å². The highest BCUT2D eigenvalue weighted by molar-refractivity contribution is 7.79. The second-order valence-corrected chi connectivity index (χ2v) is 13.3. The number of aromatic nitrogens is 2. The molecule has 0 aliphatic heterocycles. The van der Waals surface area contributed by atoms with Gasteiger partial charge in [0, 0.05) is 16.5 Å². The molecule has 1 aliphatic carbocycles. The van der Waals surface area contributed by atoms with Gasteiger partial charge in [-0.1, -0.05) is 127 Å². The fraction of sp³-hybridized carbons (Fsp3) is 0. The summed E-state index contributed by atoms with van der Waals surface area (Å²) in [4.78, 5) is 10.3. The Morgan fingerprint density at radius 3 is 1.65 bits per heavy atom. The molecule has 7 aromatic carbocycles. The van der Waals surface area contributed by atoms with E-state index in [9.17, 15) is 0 Å². The van der Waals surface area contributed by atoms with Crippen LogP contribution in [0.1, 0.15) is 0 Å². The predicted molar refractivity (Wildman–Crippen MR) is 183 cm³/mol. The maximum atomic E-state index is 5.17. The van der Waals surface area contributed by atoms with Crippen molar-refractivity contribution >= 4 is 56.4 Å². The van der Waals surface area contributed by atoms with Crippen molar-refractivity contribution in [2.75, 3.05) is 0 Å². The van der Waals surface area contributed by atoms with Gasteiger partial charge < -0.3 is 0 Å². The summed E-state index contributed by atoms with van der Waals surface area (Å²) in [6, 6.07) is 54.9. The fourth-order valence-electron chi connectivity index (χ4n) is 6.50. The molecule has 0 saturated heterocycles. The zero-order valence-corrected chi connectivity index (χ0v) is 24.2. The van der Waals surface area contributed by atoms with E-state index in [0.29, 0.717) is 0 Å². The summed E-state index contributed by atoms with van der Waals surface area (Å²) in [5, 5.41) is 9.07. The first-order valence-corrected chi connectivity index (χ1v) is 15.9. The zero-order valence-electron chi connectivity index (χ0n) is 23.3. The van der Waals surface area contributed by atoms with Crippen molar-refractivity contribution in [3.8, 4) is 33.6 Å². The fourth-order valence-corrected chi connectivity index (χ4v) is 8.83. The van der Waals surface area contributed by atoms with Crippen molar-refractivity contribution in [1.29, 1.82) is 0 Å². The lowest BCUT2D eigenvalue weighted by atomic mass is 10.0. The first kappa shape index (κ1) is 24.4. The lowest BCUT2D eigenvalue weighted by Gasteiger charge is -2.20. The van der Waals surface area contributed by atoms with E-state index in [1.165, 1.54) is 54.1 Å². The second-order valence-electron chi connectivity index (χ2n) is 11.1. The SMILES string of the molecule is c1ccc(P(c2ccccc2)c2ccc3cc(-c4ccc5nc6c(nc5c4)-c4cccc5cccc-6c45)ccc3c2)cc1.